The molecule has 19 heavy (non-hydrogen) atoms. The molecule has 3 atom stereocenters. The minimum absolute atomic E-state index is 0.0816. The molecule has 7 nitrogen and oxygen atoms in total. The van der Waals surface area contributed by atoms with Crippen molar-refractivity contribution < 1.29 is 18.6 Å². The summed E-state index contributed by atoms with van der Waals surface area (Å²) in [5, 5.41) is 9.61. The van der Waals surface area contributed by atoms with E-state index in [1.54, 1.807) is 0 Å². The number of alkyl halides is 1. The van der Waals surface area contributed by atoms with Crippen molar-refractivity contribution in [1.29, 1.82) is 0 Å². The Balaban J connectivity index is 2.02. The molecule has 3 rings (SSSR count). The number of nitrogens with two attached hydrogens (primary N) is 1. The lowest BCUT2D eigenvalue weighted by atomic mass is 10.2. The molecule has 0 unspecified atom stereocenters. The maximum atomic E-state index is 13.2. The number of imidazole rings is 1. The largest absolute Gasteiger partial charge is 0.390 e. The summed E-state index contributed by atoms with van der Waals surface area (Å²) in [6, 6.07) is 0. The summed E-state index contributed by atoms with van der Waals surface area (Å²) in [6.07, 6.45) is -1.93. The van der Waals surface area contributed by atoms with Gasteiger partial charge in [0.25, 0.3) is 0 Å². The van der Waals surface area contributed by atoms with Gasteiger partial charge in [-0.3, -0.25) is 4.57 Å². The summed E-state index contributed by atoms with van der Waals surface area (Å²) in [7, 11) is 0. The first-order chi connectivity index (χ1) is 9.10. The van der Waals surface area contributed by atoms with Gasteiger partial charge >= 0.3 is 6.08 Å². The Bertz CT molecular complexity index is 619. The molecule has 9 heteroatoms. The number of rotatable bonds is 2. The van der Waals surface area contributed by atoms with Gasteiger partial charge in [0.2, 0.25) is 0 Å². The van der Waals surface area contributed by atoms with Gasteiger partial charge in [-0.2, -0.15) is 14.4 Å². The van der Waals surface area contributed by atoms with Gasteiger partial charge in [0.1, 0.15) is 19.0 Å². The number of nitrogen functional groups attached to an aromatic ring is 1. The predicted molar refractivity (Wildman–Crippen MR) is 60.2 cm³/mol. The van der Waals surface area contributed by atoms with E-state index in [0.29, 0.717) is 0 Å². The lowest BCUT2D eigenvalue weighted by molar-refractivity contribution is -0.0280. The predicted octanol–water partition coefficient (Wildman–Crippen LogP) is 0.166. The van der Waals surface area contributed by atoms with Crippen molar-refractivity contribution >= 4 is 17.0 Å². The molecule has 0 bridgehead atoms. The molecule has 2 aromatic heterocycles. The highest BCUT2D eigenvalue weighted by Gasteiger charge is 2.35. The number of nitrogens with zero attached hydrogens (tertiary/aromatic N) is 4. The van der Waals surface area contributed by atoms with Gasteiger partial charge in [-0.05, 0) is 0 Å². The van der Waals surface area contributed by atoms with Crippen LogP contribution in [-0.2, 0) is 4.74 Å². The lowest BCUT2D eigenvalue weighted by Crippen LogP contribution is -2.22. The maximum Gasteiger partial charge on any atom is 0.312 e. The SMILES string of the molecule is Nc1nc(F)nc2c1ncn2[C@H]1C[C@H](O)[C@@H](CF)O1. The van der Waals surface area contributed by atoms with E-state index in [1.807, 2.05) is 0 Å². The van der Waals surface area contributed by atoms with Crippen LogP contribution in [0.2, 0.25) is 0 Å². The molecular formula is C10H11F2N5O2. The Morgan fingerprint density at radius 1 is 1.53 bits per heavy atom. The Morgan fingerprint density at radius 2 is 2.32 bits per heavy atom. The molecule has 0 aliphatic carbocycles. The number of aliphatic hydroxyl groups excluding tert-OH is 1. The Kier molecular flexibility index (Phi) is 2.79. The second-order valence-electron chi connectivity index (χ2n) is 4.29. The zero-order valence-electron chi connectivity index (χ0n) is 9.70. The van der Waals surface area contributed by atoms with E-state index >= 15 is 0 Å². The summed E-state index contributed by atoms with van der Waals surface area (Å²) in [5.74, 6) is -0.0816. The fraction of sp³-hybridized carbons (Fsp3) is 0.500. The average Bonchev–Trinajstić information content (AvgIpc) is 2.92. The molecule has 0 radical (unpaired) electrons. The molecular weight excluding hydrogens is 260 g/mol. The molecule has 2 aromatic rings. The number of anilines is 1. The van der Waals surface area contributed by atoms with Crippen LogP contribution in [0, 0.1) is 6.08 Å². The topological polar surface area (TPSA) is 99.1 Å². The number of hydrogen-bond acceptors (Lipinski definition) is 6. The van der Waals surface area contributed by atoms with Crippen LogP contribution in [-0.4, -0.2) is 43.5 Å². The van der Waals surface area contributed by atoms with E-state index in [0.717, 1.165) is 0 Å². The van der Waals surface area contributed by atoms with Gasteiger partial charge in [0, 0.05) is 6.42 Å². The van der Waals surface area contributed by atoms with E-state index in [2.05, 4.69) is 15.0 Å². The lowest BCUT2D eigenvalue weighted by Gasteiger charge is -2.13. The van der Waals surface area contributed by atoms with Crippen LogP contribution in [0.4, 0.5) is 14.6 Å². The van der Waals surface area contributed by atoms with E-state index in [4.69, 9.17) is 10.5 Å². The number of ether oxygens (including phenoxy) is 1. The van der Waals surface area contributed by atoms with E-state index in [9.17, 15) is 13.9 Å². The van der Waals surface area contributed by atoms with Crippen LogP contribution < -0.4 is 5.73 Å². The van der Waals surface area contributed by atoms with Gasteiger partial charge in [-0.15, -0.1) is 0 Å². The van der Waals surface area contributed by atoms with Crippen molar-refractivity contribution in [2.45, 2.75) is 24.9 Å². The first-order valence-electron chi connectivity index (χ1n) is 5.65. The van der Waals surface area contributed by atoms with Gasteiger partial charge in [-0.1, -0.05) is 0 Å². The summed E-state index contributed by atoms with van der Waals surface area (Å²) in [5.41, 5.74) is 5.93. The Labute approximate surface area is 106 Å². The normalized spacial score (nSPS) is 27.2. The van der Waals surface area contributed by atoms with Crippen LogP contribution in [0.25, 0.3) is 11.2 Å². The number of halogens is 2. The fourth-order valence-electron chi connectivity index (χ4n) is 2.15. The molecule has 0 spiro atoms. The average molecular weight is 271 g/mol. The minimum atomic E-state index is -0.979. The van der Waals surface area contributed by atoms with Crippen molar-refractivity contribution in [2.75, 3.05) is 12.4 Å². The van der Waals surface area contributed by atoms with Gasteiger partial charge < -0.3 is 15.6 Å². The molecule has 1 fully saturated rings. The fourth-order valence-corrected chi connectivity index (χ4v) is 2.15. The molecule has 1 aliphatic heterocycles. The number of hydrogen-bond donors (Lipinski definition) is 2. The number of aliphatic hydroxyl groups is 1. The summed E-state index contributed by atoms with van der Waals surface area (Å²) in [4.78, 5) is 10.9. The van der Waals surface area contributed by atoms with E-state index in [1.165, 1.54) is 10.9 Å². The second kappa shape index (κ2) is 4.35. The van der Waals surface area contributed by atoms with E-state index < -0.39 is 31.2 Å². The summed E-state index contributed by atoms with van der Waals surface area (Å²) >= 11 is 0. The highest BCUT2D eigenvalue weighted by molar-refractivity contribution is 5.81. The zero-order valence-corrected chi connectivity index (χ0v) is 9.70. The van der Waals surface area contributed by atoms with Gasteiger partial charge in [0.05, 0.1) is 12.4 Å². The van der Waals surface area contributed by atoms with E-state index in [-0.39, 0.29) is 23.4 Å². The van der Waals surface area contributed by atoms with Crippen LogP contribution in [0.5, 0.6) is 0 Å². The first kappa shape index (κ1) is 12.2. The molecule has 0 aromatic carbocycles. The highest BCUT2D eigenvalue weighted by atomic mass is 19.1. The highest BCUT2D eigenvalue weighted by Crippen LogP contribution is 2.31. The Morgan fingerprint density at radius 3 is 3.00 bits per heavy atom. The third-order valence-corrected chi connectivity index (χ3v) is 3.09. The standard InChI is InChI=1S/C10H11F2N5O2/c11-2-5-4(18)1-6(19-5)17-3-14-7-8(13)15-10(12)16-9(7)17/h3-6,18H,1-2H2,(H2,13,15,16)/t4-,5+,6+/m0/s1. The first-order valence-corrected chi connectivity index (χ1v) is 5.65. The van der Waals surface area contributed by atoms with Crippen molar-refractivity contribution in [3.05, 3.63) is 12.4 Å². The monoisotopic (exact) mass is 271 g/mol. The molecule has 102 valence electrons. The molecule has 1 saturated heterocycles. The van der Waals surface area contributed by atoms with Crippen molar-refractivity contribution in [3.8, 4) is 0 Å². The van der Waals surface area contributed by atoms with Crippen LogP contribution >= 0.6 is 0 Å². The smallest absolute Gasteiger partial charge is 0.312 e. The molecule has 0 amide bonds. The summed E-state index contributed by atoms with van der Waals surface area (Å²) < 4.78 is 32.5. The molecule has 0 saturated carbocycles. The van der Waals surface area contributed by atoms with Gasteiger partial charge in [0.15, 0.2) is 17.0 Å². The Hall–Kier alpha value is -1.87. The van der Waals surface area contributed by atoms with Crippen LogP contribution in [0.3, 0.4) is 0 Å². The molecule has 3 N–H and O–H groups in total. The number of aromatic nitrogens is 4. The second-order valence-corrected chi connectivity index (χ2v) is 4.29. The third kappa shape index (κ3) is 1.90. The number of fused-ring (bicyclic) bond motifs is 1. The van der Waals surface area contributed by atoms with Crippen LogP contribution in [0.1, 0.15) is 12.6 Å². The quantitative estimate of drug-likeness (QED) is 0.755. The molecule has 1 aliphatic rings. The van der Waals surface area contributed by atoms with Crippen molar-refractivity contribution in [3.63, 3.8) is 0 Å². The zero-order chi connectivity index (χ0) is 13.6. The third-order valence-electron chi connectivity index (χ3n) is 3.09. The maximum absolute atomic E-state index is 13.2. The summed E-state index contributed by atoms with van der Waals surface area (Å²) in [6.45, 7) is -0.796. The van der Waals surface area contributed by atoms with Crippen LogP contribution in [0.15, 0.2) is 6.33 Å². The van der Waals surface area contributed by atoms with Gasteiger partial charge in [-0.25, -0.2) is 9.37 Å². The molecule has 3 heterocycles. The minimum Gasteiger partial charge on any atom is -0.390 e. The van der Waals surface area contributed by atoms with Crippen molar-refractivity contribution in [1.82, 2.24) is 19.5 Å². The van der Waals surface area contributed by atoms with Crippen molar-refractivity contribution in [2.24, 2.45) is 0 Å².